The molecule has 0 radical (unpaired) electrons. The molecule has 2 aromatic carbocycles. The standard InChI is InChI=1S/C79H120N14O19S/c1-10-34-92(76(103)69(52(8)12-3)88-73(101)62-20-15-17-35-91(62)9)63(50(4)5)47-64(110-37-11-2)75-86-61(49-113-75)72(100)84-56-28-24-54-25-29-57(94)46-58(54)59(45-56)70(98)89-90-79(106)111-44-43-109-42-41-108-40-39-107-38-33-82-78(105)112-48-53-22-26-55(27-23-53)83-71(99)60(19-18-32-81-77(80)104)85-74(102)68(51(6)7)87-65(95)21-14-13-16-36-93-66(96)30-31-67(93)97/h22-23,25-27,29-31,46,49-52,56,59-60,62-64,68-69,94H,10-21,24,28,32-45,47-48H2,1-9H3,(H,82,105)(H,83,99)(H,84,100)(H,85,102)(H,87,95)(H,88,101)(H,89,98)(H,90,106)(H3,80,81,104)/t52-,56-,59+,60-,62+,63+,64+,68-,69-/m0/s1. The molecule has 3 aromatic rings. The lowest BCUT2D eigenvalue weighted by atomic mass is 9.91. The number of hydrogen-bond donors (Lipinski definition) is 11. The SMILES string of the molecule is CCCO[C@H](C[C@H](C(C)C)N(CCC)C(=O)[C@@H](NC(=O)[C@H]1CCCCN1C)[C@@H](C)CC)c1nc(C(=O)N[C@H]2CCc3ccc(O)cc3[C@H](C(=O)NNC(=O)OCCOCCOCCOCCNC(=O)OCc3ccc(NC(=O)[C@H](CCCNC(N)=O)NC(=O)[C@@H](NC(=O)CCCCCN4C(=O)C=CC4=O)C(C)C)cc3)C2)cs1. The van der Waals surface area contributed by atoms with Crippen LogP contribution in [-0.2, 0) is 79.8 Å². The summed E-state index contributed by atoms with van der Waals surface area (Å²) >= 11 is 1.30. The number of benzene rings is 2. The highest BCUT2D eigenvalue weighted by molar-refractivity contribution is 7.09. The minimum Gasteiger partial charge on any atom is -0.508 e. The van der Waals surface area contributed by atoms with Gasteiger partial charge in [-0.25, -0.2) is 24.8 Å². The van der Waals surface area contributed by atoms with Gasteiger partial charge in [-0.1, -0.05) is 92.9 Å². The number of carbonyl (C=O) groups is 12. The van der Waals surface area contributed by atoms with E-state index in [2.05, 4.69) is 66.8 Å². The van der Waals surface area contributed by atoms with Crippen LogP contribution in [0.4, 0.5) is 20.1 Å². The third-order valence-corrected chi connectivity index (χ3v) is 20.8. The monoisotopic (exact) mass is 1600 g/mol. The lowest BCUT2D eigenvalue weighted by Gasteiger charge is -2.40. The number of piperidine rings is 1. The molecule has 13 amide bonds. The Hall–Kier alpha value is -9.35. The van der Waals surface area contributed by atoms with Crippen molar-refractivity contribution >= 4 is 88.4 Å². The third-order valence-electron chi connectivity index (χ3n) is 19.9. The highest BCUT2D eigenvalue weighted by atomic mass is 32.1. The lowest BCUT2D eigenvalue weighted by molar-refractivity contribution is -0.143. The van der Waals surface area contributed by atoms with Gasteiger partial charge in [-0.15, -0.1) is 11.3 Å². The molecule has 0 unspecified atom stereocenters. The van der Waals surface area contributed by atoms with Crippen LogP contribution in [0.2, 0.25) is 0 Å². The van der Waals surface area contributed by atoms with E-state index in [1.165, 1.54) is 35.6 Å². The largest absolute Gasteiger partial charge is 0.508 e. The minimum atomic E-state index is -1.07. The van der Waals surface area contributed by atoms with Crippen molar-refractivity contribution in [2.75, 3.05) is 97.9 Å². The Labute approximate surface area is 666 Å². The van der Waals surface area contributed by atoms with Gasteiger partial charge in [-0.3, -0.25) is 58.4 Å². The zero-order chi connectivity index (χ0) is 82.4. The van der Waals surface area contributed by atoms with Gasteiger partial charge in [0.25, 0.3) is 17.7 Å². The number of imide groups is 1. The molecular formula is C79H120N14O19S. The molecule has 34 heteroatoms. The molecular weight excluding hydrogens is 1480 g/mol. The molecule has 2 aliphatic heterocycles. The van der Waals surface area contributed by atoms with Crippen molar-refractivity contribution in [3.05, 3.63) is 87.4 Å². The predicted molar refractivity (Wildman–Crippen MR) is 421 cm³/mol. The summed E-state index contributed by atoms with van der Waals surface area (Å²) in [6.07, 6.45) is 8.55. The number of carbonyl (C=O) groups excluding carboxylic acids is 12. The van der Waals surface area contributed by atoms with Crippen LogP contribution >= 0.6 is 11.3 Å². The van der Waals surface area contributed by atoms with E-state index in [1.54, 1.807) is 49.6 Å². The van der Waals surface area contributed by atoms with Crippen LogP contribution in [0.25, 0.3) is 0 Å². The van der Waals surface area contributed by atoms with Crippen LogP contribution in [0.5, 0.6) is 5.75 Å². The fourth-order valence-electron chi connectivity index (χ4n) is 13.4. The number of hydrazine groups is 1. The number of rotatable bonds is 48. The van der Waals surface area contributed by atoms with E-state index < -0.39 is 78.0 Å². The number of nitrogens with two attached hydrogens (primary N) is 1. The second-order valence-corrected chi connectivity index (χ2v) is 30.2. The number of phenols is 1. The number of phenolic OH excluding ortho intramolecular Hbond substituents is 1. The summed E-state index contributed by atoms with van der Waals surface area (Å²) in [6.45, 7) is 18.7. The smallest absolute Gasteiger partial charge is 0.426 e. The number of alkyl carbamates (subject to hydrolysis) is 1. The maximum absolute atomic E-state index is 14.9. The first-order chi connectivity index (χ1) is 54.2. The maximum atomic E-state index is 14.9. The van der Waals surface area contributed by atoms with E-state index in [-0.39, 0.29) is 169 Å². The van der Waals surface area contributed by atoms with E-state index in [1.807, 2.05) is 39.6 Å². The van der Waals surface area contributed by atoms with Gasteiger partial charge in [0.1, 0.15) is 53.9 Å². The quantitative estimate of drug-likeness (QED) is 0.0125. The second-order valence-electron chi connectivity index (χ2n) is 29.3. The number of aromatic hydroxyl groups is 1. The summed E-state index contributed by atoms with van der Waals surface area (Å²) in [7, 11) is 1.96. The van der Waals surface area contributed by atoms with E-state index in [9.17, 15) is 62.6 Å². The zero-order valence-corrected chi connectivity index (χ0v) is 67.7. The number of nitrogens with one attached hydrogen (secondary N) is 9. The number of primary amides is 1. The summed E-state index contributed by atoms with van der Waals surface area (Å²) < 4.78 is 33.7. The first kappa shape index (κ1) is 92.5. The molecule has 33 nitrogen and oxygen atoms in total. The average molecular weight is 1600 g/mol. The first-order valence-corrected chi connectivity index (χ1v) is 40.5. The van der Waals surface area contributed by atoms with Crippen molar-refractivity contribution in [3.8, 4) is 5.75 Å². The molecule has 3 aliphatic rings. The zero-order valence-electron chi connectivity index (χ0n) is 66.9. The Kier molecular flexibility index (Phi) is 40.4. The van der Waals surface area contributed by atoms with E-state index in [0.29, 0.717) is 86.3 Å². The topological polar surface area (TPSA) is 437 Å². The highest BCUT2D eigenvalue weighted by Crippen LogP contribution is 2.35. The number of aromatic nitrogens is 1. The maximum Gasteiger partial charge on any atom is 0.426 e. The van der Waals surface area contributed by atoms with Crippen molar-refractivity contribution in [2.24, 2.45) is 23.5 Å². The summed E-state index contributed by atoms with van der Waals surface area (Å²) in [5, 5.41) is 32.4. The Morgan fingerprint density at radius 3 is 2.09 bits per heavy atom. The minimum absolute atomic E-state index is 0.00124. The number of unbranched alkanes of at least 4 members (excludes halogenated alkanes) is 2. The number of nitrogens with zero attached hydrogens (tertiary/aromatic N) is 4. The Morgan fingerprint density at radius 1 is 0.717 bits per heavy atom. The molecule has 12 N–H and O–H groups in total. The molecule has 1 fully saturated rings. The van der Waals surface area contributed by atoms with Crippen LogP contribution in [-0.4, -0.2) is 225 Å². The number of thiazole rings is 1. The van der Waals surface area contributed by atoms with Gasteiger partial charge in [0.2, 0.25) is 35.4 Å². The predicted octanol–water partition coefficient (Wildman–Crippen LogP) is 6.44. The number of ether oxygens (including phenoxy) is 6. The number of aryl methyl sites for hydroxylation is 1. The van der Waals surface area contributed by atoms with Gasteiger partial charge in [0.05, 0.1) is 51.6 Å². The second kappa shape index (κ2) is 49.3. The molecule has 6 rings (SSSR count). The van der Waals surface area contributed by atoms with Gasteiger partial charge >= 0.3 is 18.2 Å². The van der Waals surface area contributed by atoms with Crippen molar-refractivity contribution < 1.29 is 91.1 Å². The van der Waals surface area contributed by atoms with E-state index in [0.717, 1.165) is 42.7 Å². The van der Waals surface area contributed by atoms with Crippen LogP contribution in [0.1, 0.15) is 196 Å². The fourth-order valence-corrected chi connectivity index (χ4v) is 14.2. The lowest BCUT2D eigenvalue weighted by Crippen LogP contribution is -2.58. The fraction of sp³-hybridized carbons (Fsp3) is 0.633. The van der Waals surface area contributed by atoms with Crippen molar-refractivity contribution in [1.29, 1.82) is 0 Å². The number of amides is 13. The summed E-state index contributed by atoms with van der Waals surface area (Å²) in [5.41, 5.74) is 12.4. The van der Waals surface area contributed by atoms with Crippen molar-refractivity contribution in [1.82, 2.24) is 62.4 Å². The van der Waals surface area contributed by atoms with Crippen LogP contribution in [0, 0.1) is 17.8 Å². The van der Waals surface area contributed by atoms with Crippen LogP contribution < -0.4 is 53.8 Å². The normalized spacial score (nSPS) is 17.1. The van der Waals surface area contributed by atoms with Gasteiger partial charge in [-0.05, 0) is 143 Å². The van der Waals surface area contributed by atoms with Gasteiger partial charge in [-0.2, -0.15) is 0 Å². The van der Waals surface area contributed by atoms with E-state index >= 15 is 0 Å². The summed E-state index contributed by atoms with van der Waals surface area (Å²) in [6, 6.07) is 6.63. The Balaban J connectivity index is 0.856. The number of fused-ring (bicyclic) bond motifs is 1. The molecule has 626 valence electrons. The molecule has 0 saturated carbocycles. The van der Waals surface area contributed by atoms with Gasteiger partial charge in [0, 0.05) is 80.9 Å². The number of anilines is 1. The van der Waals surface area contributed by atoms with E-state index in [4.69, 9.17) is 39.1 Å². The molecule has 1 saturated heterocycles. The number of likely N-dealkylation sites (tertiary alicyclic amines) is 1. The molecule has 1 aromatic heterocycles. The molecule has 1 aliphatic carbocycles. The van der Waals surface area contributed by atoms with Crippen LogP contribution in [0.15, 0.2) is 60.0 Å². The molecule has 0 spiro atoms. The molecule has 113 heavy (non-hydrogen) atoms. The molecule has 0 bridgehead atoms. The third kappa shape index (κ3) is 31.5. The number of likely N-dealkylation sites (N-methyl/N-ethyl adjacent to an activating group) is 1. The Morgan fingerprint density at radius 2 is 1.42 bits per heavy atom. The summed E-state index contributed by atoms with van der Waals surface area (Å²) in [5.74, 6) is -5.00. The molecule has 9 atom stereocenters. The summed E-state index contributed by atoms with van der Waals surface area (Å²) in [4.78, 5) is 167. The highest BCUT2D eigenvalue weighted by Gasteiger charge is 2.40. The number of urea groups is 1. The van der Waals surface area contributed by atoms with Crippen LogP contribution in [0.3, 0.4) is 0 Å². The number of hydrogen-bond acceptors (Lipinski definition) is 22. The molecule has 3 heterocycles. The Bertz CT molecular complexity index is 3600. The average Bonchev–Trinajstić information content (AvgIpc) is 1.72. The first-order valence-electron chi connectivity index (χ1n) is 39.6. The van der Waals surface area contributed by atoms with Gasteiger partial charge < -0.3 is 81.4 Å². The van der Waals surface area contributed by atoms with Crippen molar-refractivity contribution in [2.45, 2.75) is 213 Å². The van der Waals surface area contributed by atoms with Gasteiger partial charge in [0.15, 0.2) is 0 Å². The van der Waals surface area contributed by atoms with Crippen molar-refractivity contribution in [3.63, 3.8) is 0 Å².